The number of fused-ring (bicyclic) bond motifs is 1. The third-order valence-electron chi connectivity index (χ3n) is 3.10. The smallest absolute Gasteiger partial charge is 0.269 e. The van der Waals surface area contributed by atoms with E-state index in [0.29, 0.717) is 0 Å². The van der Waals surface area contributed by atoms with E-state index in [0.717, 1.165) is 23.6 Å². The Morgan fingerprint density at radius 2 is 2.24 bits per heavy atom. The summed E-state index contributed by atoms with van der Waals surface area (Å²) in [6.45, 7) is 3.34. The van der Waals surface area contributed by atoms with Crippen LogP contribution in [0.15, 0.2) is 24.4 Å². The molecule has 0 aliphatic carbocycles. The molecular weight excluding hydrogens is 212 g/mol. The number of rotatable bonds is 5. The van der Waals surface area contributed by atoms with E-state index in [1.54, 1.807) is 0 Å². The van der Waals surface area contributed by atoms with Crippen molar-refractivity contribution in [3.05, 3.63) is 24.4 Å². The quantitative estimate of drug-likeness (QED) is 0.817. The van der Waals surface area contributed by atoms with Gasteiger partial charge >= 0.3 is 0 Å². The van der Waals surface area contributed by atoms with Gasteiger partial charge in [0.25, 0.3) is 5.82 Å². The second kappa shape index (κ2) is 5.19. The summed E-state index contributed by atoms with van der Waals surface area (Å²) in [5.74, 6) is 1.10. The molecule has 2 heterocycles. The monoisotopic (exact) mass is 233 g/mol. The van der Waals surface area contributed by atoms with Crippen molar-refractivity contribution in [2.75, 3.05) is 26.0 Å². The van der Waals surface area contributed by atoms with Gasteiger partial charge in [0.15, 0.2) is 0 Å². The fourth-order valence-electron chi connectivity index (χ4n) is 2.10. The SMILES string of the molecule is CCCC[NH+](C)c1nn2ccccc2c1NC. The molecule has 2 N–H and O–H groups in total. The zero-order valence-corrected chi connectivity index (χ0v) is 10.8. The van der Waals surface area contributed by atoms with E-state index in [4.69, 9.17) is 0 Å². The van der Waals surface area contributed by atoms with Gasteiger partial charge in [-0.05, 0) is 18.6 Å². The Morgan fingerprint density at radius 1 is 1.41 bits per heavy atom. The lowest BCUT2D eigenvalue weighted by Crippen LogP contribution is -3.04. The molecule has 0 aromatic carbocycles. The summed E-state index contributed by atoms with van der Waals surface area (Å²) in [6, 6.07) is 6.14. The topological polar surface area (TPSA) is 33.8 Å². The number of quaternary nitrogens is 1. The molecule has 92 valence electrons. The molecule has 0 radical (unpaired) electrons. The highest BCUT2D eigenvalue weighted by Crippen LogP contribution is 2.22. The maximum atomic E-state index is 4.65. The van der Waals surface area contributed by atoms with Crippen molar-refractivity contribution >= 4 is 17.0 Å². The minimum absolute atomic E-state index is 1.10. The third kappa shape index (κ3) is 2.26. The zero-order chi connectivity index (χ0) is 12.3. The van der Waals surface area contributed by atoms with E-state index < -0.39 is 0 Å². The fourth-order valence-corrected chi connectivity index (χ4v) is 2.10. The highest BCUT2D eigenvalue weighted by molar-refractivity contribution is 5.79. The van der Waals surface area contributed by atoms with E-state index in [-0.39, 0.29) is 0 Å². The van der Waals surface area contributed by atoms with Crippen molar-refractivity contribution in [1.29, 1.82) is 0 Å². The first-order valence-electron chi connectivity index (χ1n) is 6.25. The van der Waals surface area contributed by atoms with Crippen molar-refractivity contribution in [3.63, 3.8) is 0 Å². The minimum Gasteiger partial charge on any atom is -0.380 e. The van der Waals surface area contributed by atoms with Crippen LogP contribution >= 0.6 is 0 Å². The molecule has 0 saturated heterocycles. The number of nitrogens with one attached hydrogen (secondary N) is 2. The molecule has 17 heavy (non-hydrogen) atoms. The molecule has 0 bridgehead atoms. The number of pyridine rings is 1. The number of aromatic nitrogens is 2. The molecule has 0 aliphatic rings. The zero-order valence-electron chi connectivity index (χ0n) is 10.8. The molecule has 0 spiro atoms. The van der Waals surface area contributed by atoms with Gasteiger partial charge in [0.1, 0.15) is 5.69 Å². The number of unbranched alkanes of at least 4 members (excludes halogenated alkanes) is 1. The Labute approximate surface area is 102 Å². The van der Waals surface area contributed by atoms with Gasteiger partial charge in [-0.25, -0.2) is 4.52 Å². The normalized spacial score (nSPS) is 12.9. The number of hydrogen-bond donors (Lipinski definition) is 2. The van der Waals surface area contributed by atoms with Gasteiger partial charge in [0.2, 0.25) is 0 Å². The van der Waals surface area contributed by atoms with E-state index >= 15 is 0 Å². The van der Waals surface area contributed by atoms with Crippen LogP contribution in [-0.4, -0.2) is 30.3 Å². The lowest BCUT2D eigenvalue weighted by atomic mass is 10.3. The van der Waals surface area contributed by atoms with Gasteiger partial charge in [-0.15, -0.1) is 5.10 Å². The Bertz CT molecular complexity index is 489. The Balaban J connectivity index is 2.38. The first-order valence-corrected chi connectivity index (χ1v) is 6.25. The molecule has 0 saturated carbocycles. The lowest BCUT2D eigenvalue weighted by Gasteiger charge is -2.11. The molecule has 4 heteroatoms. The summed E-state index contributed by atoms with van der Waals surface area (Å²) < 4.78 is 1.94. The van der Waals surface area contributed by atoms with Crippen molar-refractivity contribution in [1.82, 2.24) is 9.61 Å². The molecule has 0 aliphatic heterocycles. The number of nitrogens with zero attached hydrogens (tertiary/aromatic N) is 2. The van der Waals surface area contributed by atoms with Crippen LogP contribution in [0, 0.1) is 0 Å². The predicted molar refractivity (Wildman–Crippen MR) is 71.1 cm³/mol. The molecule has 2 rings (SSSR count). The fraction of sp³-hybridized carbons (Fsp3) is 0.462. The summed E-state index contributed by atoms with van der Waals surface area (Å²) >= 11 is 0. The predicted octanol–water partition coefficient (Wildman–Crippen LogP) is 1.32. The molecule has 4 nitrogen and oxygen atoms in total. The van der Waals surface area contributed by atoms with Crippen molar-refractivity contribution in [2.24, 2.45) is 0 Å². The second-order valence-electron chi connectivity index (χ2n) is 4.39. The van der Waals surface area contributed by atoms with Crippen LogP contribution in [0.1, 0.15) is 19.8 Å². The van der Waals surface area contributed by atoms with Crippen LogP contribution in [0.25, 0.3) is 5.52 Å². The van der Waals surface area contributed by atoms with Crippen LogP contribution < -0.4 is 10.2 Å². The minimum atomic E-state index is 1.10. The molecule has 0 fully saturated rings. The second-order valence-corrected chi connectivity index (χ2v) is 4.39. The van der Waals surface area contributed by atoms with Crippen LogP contribution in [0.2, 0.25) is 0 Å². The molecule has 0 amide bonds. The van der Waals surface area contributed by atoms with Gasteiger partial charge < -0.3 is 5.32 Å². The van der Waals surface area contributed by atoms with E-state index in [1.807, 2.05) is 29.9 Å². The van der Waals surface area contributed by atoms with Crippen LogP contribution in [-0.2, 0) is 0 Å². The molecule has 1 unspecified atom stereocenters. The average molecular weight is 233 g/mol. The van der Waals surface area contributed by atoms with E-state index in [1.165, 1.54) is 17.7 Å². The molecule has 1 atom stereocenters. The first-order chi connectivity index (χ1) is 8.27. The van der Waals surface area contributed by atoms with Gasteiger partial charge in [0.05, 0.1) is 19.1 Å². The molecule has 2 aromatic heterocycles. The highest BCUT2D eigenvalue weighted by atomic mass is 15.3. The maximum Gasteiger partial charge on any atom is 0.269 e. The molecular formula is C13H21N4+. The van der Waals surface area contributed by atoms with Crippen molar-refractivity contribution in [2.45, 2.75) is 19.8 Å². The van der Waals surface area contributed by atoms with Crippen LogP contribution in [0.5, 0.6) is 0 Å². The number of anilines is 1. The summed E-state index contributed by atoms with van der Waals surface area (Å²) in [6.07, 6.45) is 4.44. The van der Waals surface area contributed by atoms with Crippen molar-refractivity contribution in [3.8, 4) is 0 Å². The van der Waals surface area contributed by atoms with E-state index in [9.17, 15) is 0 Å². The van der Waals surface area contributed by atoms with Crippen LogP contribution in [0.4, 0.5) is 11.5 Å². The largest absolute Gasteiger partial charge is 0.380 e. The number of hydrogen-bond acceptors (Lipinski definition) is 2. The van der Waals surface area contributed by atoms with Crippen LogP contribution in [0.3, 0.4) is 0 Å². The van der Waals surface area contributed by atoms with E-state index in [2.05, 4.69) is 30.5 Å². The molecule has 2 aromatic rings. The highest BCUT2D eigenvalue weighted by Gasteiger charge is 2.18. The third-order valence-corrected chi connectivity index (χ3v) is 3.10. The average Bonchev–Trinajstić information content (AvgIpc) is 2.74. The maximum absolute atomic E-state index is 4.65. The summed E-state index contributed by atoms with van der Waals surface area (Å²) in [4.78, 5) is 1.36. The Hall–Kier alpha value is -1.55. The van der Waals surface area contributed by atoms with Gasteiger partial charge in [-0.3, -0.25) is 4.90 Å². The standard InChI is InChI=1S/C13H20N4/c1-4-5-9-16(3)13-12(14-2)11-8-6-7-10-17(11)15-13/h6-8,10,14H,4-5,9H2,1-3H3/p+1. The van der Waals surface area contributed by atoms with Gasteiger partial charge in [-0.2, -0.15) is 0 Å². The first kappa shape index (κ1) is 11.9. The lowest BCUT2D eigenvalue weighted by molar-refractivity contribution is -0.812. The summed E-state index contributed by atoms with van der Waals surface area (Å²) in [5, 5.41) is 7.93. The summed E-state index contributed by atoms with van der Waals surface area (Å²) in [7, 11) is 4.14. The Morgan fingerprint density at radius 3 is 2.94 bits per heavy atom. The van der Waals surface area contributed by atoms with Gasteiger partial charge in [0, 0.05) is 13.2 Å². The van der Waals surface area contributed by atoms with Crippen molar-refractivity contribution < 1.29 is 4.90 Å². The summed E-state index contributed by atoms with van der Waals surface area (Å²) in [5.41, 5.74) is 2.28. The van der Waals surface area contributed by atoms with Gasteiger partial charge in [-0.1, -0.05) is 19.4 Å². The Kier molecular flexibility index (Phi) is 3.64.